The molecule has 0 radical (unpaired) electrons. The summed E-state index contributed by atoms with van der Waals surface area (Å²) in [5, 5.41) is -0.168. The van der Waals surface area contributed by atoms with E-state index in [1.807, 2.05) is 0 Å². The molecule has 0 saturated carbocycles. The highest BCUT2D eigenvalue weighted by molar-refractivity contribution is 6.39. The largest absolute Gasteiger partial charge is 0.461 e. The molecule has 2 heterocycles. The van der Waals surface area contributed by atoms with Crippen LogP contribution in [0.3, 0.4) is 0 Å². The molecule has 0 atom stereocenters. The number of ether oxygens (including phenoxy) is 1. The van der Waals surface area contributed by atoms with Crippen molar-refractivity contribution in [2.45, 2.75) is 19.0 Å². The molecule has 0 unspecified atom stereocenters. The molecule has 0 spiro atoms. The molecule has 0 aliphatic carbocycles. The first kappa shape index (κ1) is 19.5. The van der Waals surface area contributed by atoms with Crippen LogP contribution in [0.5, 0.6) is 0 Å². The molecule has 1 aromatic carbocycles. The van der Waals surface area contributed by atoms with Gasteiger partial charge in [0.05, 0.1) is 34.4 Å². The first-order valence-corrected chi connectivity index (χ1v) is 9.05. The van der Waals surface area contributed by atoms with Crippen LogP contribution in [0.25, 0.3) is 11.3 Å². The van der Waals surface area contributed by atoms with E-state index in [2.05, 4.69) is 4.90 Å². The highest BCUT2D eigenvalue weighted by Crippen LogP contribution is 2.41. The van der Waals surface area contributed by atoms with Gasteiger partial charge in [0.25, 0.3) is 0 Å². The van der Waals surface area contributed by atoms with Crippen molar-refractivity contribution in [1.82, 2.24) is 4.90 Å². The Kier molecular flexibility index (Phi) is 6.17. The number of alkyl halides is 3. The zero-order valence-electron chi connectivity index (χ0n) is 13.9. The van der Waals surface area contributed by atoms with Gasteiger partial charge >= 0.3 is 6.18 Å². The van der Waals surface area contributed by atoms with Crippen LogP contribution in [-0.4, -0.2) is 37.7 Å². The third-order valence-electron chi connectivity index (χ3n) is 4.28. The van der Waals surface area contributed by atoms with E-state index in [1.165, 1.54) is 0 Å². The second kappa shape index (κ2) is 8.21. The summed E-state index contributed by atoms with van der Waals surface area (Å²) in [4.78, 5) is 2.33. The van der Waals surface area contributed by atoms with Crippen molar-refractivity contribution < 1.29 is 22.3 Å². The minimum absolute atomic E-state index is 0.0842. The van der Waals surface area contributed by atoms with Gasteiger partial charge in [-0.2, -0.15) is 13.2 Å². The van der Waals surface area contributed by atoms with E-state index in [0.717, 1.165) is 63.6 Å². The van der Waals surface area contributed by atoms with Crippen molar-refractivity contribution in [2.24, 2.45) is 0 Å². The molecule has 1 aliphatic rings. The summed E-state index contributed by atoms with van der Waals surface area (Å²) in [7, 11) is 0. The van der Waals surface area contributed by atoms with Crippen LogP contribution < -0.4 is 0 Å². The SMILES string of the molecule is FC(F)(F)c1cc(Cl)c(-c2ccc(CCCN3CCOCC3)o2)c(Cl)c1. The number of benzene rings is 1. The van der Waals surface area contributed by atoms with Crippen LogP contribution in [0.15, 0.2) is 28.7 Å². The highest BCUT2D eigenvalue weighted by Gasteiger charge is 2.32. The fraction of sp³-hybridized carbons (Fsp3) is 0.444. The summed E-state index contributed by atoms with van der Waals surface area (Å²) >= 11 is 12.1. The molecule has 1 saturated heterocycles. The zero-order chi connectivity index (χ0) is 18.7. The van der Waals surface area contributed by atoms with E-state index < -0.39 is 11.7 Å². The van der Waals surface area contributed by atoms with Crippen LogP contribution in [0.1, 0.15) is 17.7 Å². The Hall–Kier alpha value is -1.21. The third kappa shape index (κ3) is 4.74. The van der Waals surface area contributed by atoms with Gasteiger partial charge in [0.15, 0.2) is 0 Å². The quantitative estimate of drug-likeness (QED) is 0.650. The molecule has 1 fully saturated rings. The fourth-order valence-electron chi connectivity index (χ4n) is 2.92. The van der Waals surface area contributed by atoms with Gasteiger partial charge in [-0.25, -0.2) is 0 Å². The normalized spacial score (nSPS) is 16.2. The Morgan fingerprint density at radius 1 is 1.04 bits per heavy atom. The topological polar surface area (TPSA) is 25.6 Å². The Morgan fingerprint density at radius 2 is 1.69 bits per heavy atom. The lowest BCUT2D eigenvalue weighted by atomic mass is 10.1. The van der Waals surface area contributed by atoms with Gasteiger partial charge in [-0.05, 0) is 37.2 Å². The average molecular weight is 408 g/mol. The first-order valence-electron chi connectivity index (χ1n) is 8.30. The minimum Gasteiger partial charge on any atom is -0.461 e. The third-order valence-corrected chi connectivity index (χ3v) is 4.87. The number of halogens is 5. The van der Waals surface area contributed by atoms with E-state index in [1.54, 1.807) is 12.1 Å². The highest BCUT2D eigenvalue weighted by atomic mass is 35.5. The predicted octanol–water partition coefficient (Wildman–Crippen LogP) is 5.54. The predicted molar refractivity (Wildman–Crippen MR) is 94.7 cm³/mol. The van der Waals surface area contributed by atoms with Crippen molar-refractivity contribution in [3.05, 3.63) is 45.6 Å². The van der Waals surface area contributed by atoms with Gasteiger partial charge in [-0.1, -0.05) is 23.2 Å². The van der Waals surface area contributed by atoms with Crippen molar-refractivity contribution in [2.75, 3.05) is 32.8 Å². The van der Waals surface area contributed by atoms with Crippen molar-refractivity contribution in [3.8, 4) is 11.3 Å². The summed E-state index contributed by atoms with van der Waals surface area (Å²) in [5.74, 6) is 1.12. The molecular weight excluding hydrogens is 390 g/mol. The smallest absolute Gasteiger partial charge is 0.416 e. The summed E-state index contributed by atoms with van der Waals surface area (Å²) in [6.45, 7) is 4.33. The molecule has 3 rings (SSSR count). The Morgan fingerprint density at radius 3 is 2.31 bits per heavy atom. The second-order valence-electron chi connectivity index (χ2n) is 6.14. The van der Waals surface area contributed by atoms with E-state index >= 15 is 0 Å². The number of aryl methyl sites for hydroxylation is 1. The monoisotopic (exact) mass is 407 g/mol. The van der Waals surface area contributed by atoms with Gasteiger partial charge in [0.2, 0.25) is 0 Å². The molecule has 2 aromatic rings. The molecule has 3 nitrogen and oxygen atoms in total. The molecule has 0 amide bonds. The number of hydrogen-bond donors (Lipinski definition) is 0. The molecule has 142 valence electrons. The fourth-order valence-corrected chi connectivity index (χ4v) is 3.59. The number of hydrogen-bond acceptors (Lipinski definition) is 3. The van der Waals surface area contributed by atoms with Gasteiger partial charge in [-0.15, -0.1) is 0 Å². The van der Waals surface area contributed by atoms with Gasteiger partial charge in [0, 0.05) is 19.5 Å². The lowest BCUT2D eigenvalue weighted by Gasteiger charge is -2.26. The van der Waals surface area contributed by atoms with Crippen molar-refractivity contribution in [1.29, 1.82) is 0 Å². The molecule has 0 bridgehead atoms. The van der Waals surface area contributed by atoms with E-state index in [-0.39, 0.29) is 15.6 Å². The maximum Gasteiger partial charge on any atom is 0.416 e. The van der Waals surface area contributed by atoms with Crippen molar-refractivity contribution in [3.63, 3.8) is 0 Å². The summed E-state index contributed by atoms with van der Waals surface area (Å²) in [6.07, 6.45) is -2.85. The van der Waals surface area contributed by atoms with Gasteiger partial charge in [-0.3, -0.25) is 4.90 Å². The number of rotatable bonds is 5. The van der Waals surface area contributed by atoms with Crippen LogP contribution in [0.4, 0.5) is 13.2 Å². The van der Waals surface area contributed by atoms with E-state index in [9.17, 15) is 13.2 Å². The lowest BCUT2D eigenvalue weighted by molar-refractivity contribution is -0.137. The number of morpholine rings is 1. The second-order valence-corrected chi connectivity index (χ2v) is 6.95. The average Bonchev–Trinajstić information content (AvgIpc) is 3.03. The zero-order valence-corrected chi connectivity index (χ0v) is 15.4. The maximum atomic E-state index is 12.8. The van der Waals surface area contributed by atoms with E-state index in [4.69, 9.17) is 32.4 Å². The molecule has 8 heteroatoms. The van der Waals surface area contributed by atoms with Gasteiger partial charge in [0.1, 0.15) is 11.5 Å². The summed E-state index contributed by atoms with van der Waals surface area (Å²) in [5.41, 5.74) is -0.602. The Bertz CT molecular complexity index is 732. The summed E-state index contributed by atoms with van der Waals surface area (Å²) in [6, 6.07) is 5.22. The molecule has 1 aliphatic heterocycles. The van der Waals surface area contributed by atoms with Gasteiger partial charge < -0.3 is 9.15 Å². The maximum absolute atomic E-state index is 12.8. The first-order chi connectivity index (χ1) is 12.3. The minimum atomic E-state index is -4.50. The molecule has 1 aromatic heterocycles. The number of furan rings is 1. The van der Waals surface area contributed by atoms with Crippen LogP contribution in [0, 0.1) is 0 Å². The molecular formula is C18H18Cl2F3NO2. The Labute approximate surface area is 159 Å². The molecule has 0 N–H and O–H groups in total. The lowest BCUT2D eigenvalue weighted by Crippen LogP contribution is -2.36. The standard InChI is InChI=1S/C18H18Cl2F3NO2/c19-14-10-12(18(21,22)23)11-15(20)17(14)16-4-3-13(26-16)2-1-5-24-6-8-25-9-7-24/h3-4,10-11H,1-2,5-9H2. The van der Waals surface area contributed by atoms with Crippen molar-refractivity contribution >= 4 is 23.2 Å². The number of nitrogens with zero attached hydrogens (tertiary/aromatic N) is 1. The van der Waals surface area contributed by atoms with Crippen LogP contribution in [-0.2, 0) is 17.3 Å². The van der Waals surface area contributed by atoms with Crippen LogP contribution in [0.2, 0.25) is 10.0 Å². The van der Waals surface area contributed by atoms with Crippen LogP contribution >= 0.6 is 23.2 Å². The molecule has 26 heavy (non-hydrogen) atoms. The summed E-state index contributed by atoms with van der Waals surface area (Å²) < 4.78 is 49.5. The Balaban J connectivity index is 1.67. The van der Waals surface area contributed by atoms with E-state index in [0.29, 0.717) is 5.76 Å².